The van der Waals surface area contributed by atoms with Gasteiger partial charge < -0.3 is 10.8 Å². The maximum absolute atomic E-state index is 11.2. The quantitative estimate of drug-likeness (QED) is 0.786. The van der Waals surface area contributed by atoms with Crippen molar-refractivity contribution < 1.29 is 13.5 Å². The molecule has 1 aromatic carbocycles. The lowest BCUT2D eigenvalue weighted by Gasteiger charge is -2.36. The van der Waals surface area contributed by atoms with Crippen LogP contribution in [0.15, 0.2) is 30.3 Å². The molecule has 4 nitrogen and oxygen atoms in total. The predicted octanol–water partition coefficient (Wildman–Crippen LogP) is 1.09. The van der Waals surface area contributed by atoms with E-state index in [4.69, 9.17) is 5.73 Å². The molecule has 0 saturated heterocycles. The maximum atomic E-state index is 11.2. The van der Waals surface area contributed by atoms with Crippen molar-refractivity contribution >= 4 is 9.84 Å². The van der Waals surface area contributed by atoms with Crippen molar-refractivity contribution in [3.63, 3.8) is 0 Å². The van der Waals surface area contributed by atoms with Gasteiger partial charge in [-0.15, -0.1) is 0 Å². The molecular formula is C14H23NO3S. The van der Waals surface area contributed by atoms with Gasteiger partial charge in [0.05, 0.1) is 6.10 Å². The molecule has 108 valence electrons. The smallest absolute Gasteiger partial charge is 0.147 e. The van der Waals surface area contributed by atoms with E-state index in [1.807, 2.05) is 30.3 Å². The first-order valence-electron chi connectivity index (χ1n) is 6.43. The summed E-state index contributed by atoms with van der Waals surface area (Å²) in [5.41, 5.74) is 6.26. The largest absolute Gasteiger partial charge is 0.392 e. The summed E-state index contributed by atoms with van der Waals surface area (Å²) in [6, 6.07) is 9.57. The third-order valence-electron chi connectivity index (χ3n) is 3.65. The van der Waals surface area contributed by atoms with Gasteiger partial charge >= 0.3 is 0 Å². The van der Waals surface area contributed by atoms with Crippen LogP contribution in [0.2, 0.25) is 0 Å². The van der Waals surface area contributed by atoms with Gasteiger partial charge in [-0.3, -0.25) is 0 Å². The molecular weight excluding hydrogens is 262 g/mol. The van der Waals surface area contributed by atoms with Crippen LogP contribution in [0.3, 0.4) is 0 Å². The lowest BCUT2D eigenvalue weighted by atomic mass is 9.73. The molecule has 1 aromatic rings. The number of aliphatic hydroxyl groups excluding tert-OH is 1. The Labute approximate surface area is 115 Å². The number of benzene rings is 1. The van der Waals surface area contributed by atoms with Crippen molar-refractivity contribution in [3.8, 4) is 0 Å². The Bertz CT molecular complexity index is 485. The van der Waals surface area contributed by atoms with E-state index in [2.05, 4.69) is 0 Å². The van der Waals surface area contributed by atoms with E-state index in [0.29, 0.717) is 19.4 Å². The van der Waals surface area contributed by atoms with E-state index in [1.165, 1.54) is 6.26 Å². The summed E-state index contributed by atoms with van der Waals surface area (Å²) in [6.07, 6.45) is 1.65. The molecule has 2 atom stereocenters. The summed E-state index contributed by atoms with van der Waals surface area (Å²) in [5, 5.41) is 10.1. The summed E-state index contributed by atoms with van der Waals surface area (Å²) in [4.78, 5) is 0. The fraction of sp³-hybridized carbons (Fsp3) is 0.571. The Morgan fingerprint density at radius 3 is 2.32 bits per heavy atom. The van der Waals surface area contributed by atoms with Crippen LogP contribution in [-0.2, 0) is 15.3 Å². The number of rotatable bonds is 7. The van der Waals surface area contributed by atoms with Gasteiger partial charge in [-0.05, 0) is 25.3 Å². The highest BCUT2D eigenvalue weighted by molar-refractivity contribution is 7.90. The van der Waals surface area contributed by atoms with Crippen LogP contribution in [0.4, 0.5) is 0 Å². The van der Waals surface area contributed by atoms with Crippen LogP contribution < -0.4 is 5.73 Å². The molecule has 3 N–H and O–H groups in total. The van der Waals surface area contributed by atoms with Crippen molar-refractivity contribution in [2.24, 2.45) is 5.73 Å². The molecule has 19 heavy (non-hydrogen) atoms. The average molecular weight is 285 g/mol. The number of hydrogen-bond donors (Lipinski definition) is 2. The number of nitrogens with two attached hydrogens (primary N) is 1. The molecule has 2 unspecified atom stereocenters. The standard InChI is InChI=1S/C14H23NO3S/c1-12(16)14(11-15,9-6-10-19(2,17)18)13-7-4-3-5-8-13/h3-5,7-8,12,16H,6,9-11,15H2,1-2H3. The van der Waals surface area contributed by atoms with E-state index in [0.717, 1.165) is 5.56 Å². The summed E-state index contributed by atoms with van der Waals surface area (Å²) < 4.78 is 22.4. The van der Waals surface area contributed by atoms with Gasteiger partial charge in [0.1, 0.15) is 9.84 Å². The molecule has 1 rings (SSSR count). The summed E-state index contributed by atoms with van der Waals surface area (Å²) in [7, 11) is -2.99. The molecule has 0 fully saturated rings. The van der Waals surface area contributed by atoms with Crippen molar-refractivity contribution in [1.82, 2.24) is 0 Å². The van der Waals surface area contributed by atoms with Crippen LogP contribution in [0.5, 0.6) is 0 Å². The first-order valence-corrected chi connectivity index (χ1v) is 8.49. The van der Waals surface area contributed by atoms with Crippen molar-refractivity contribution in [1.29, 1.82) is 0 Å². The van der Waals surface area contributed by atoms with E-state index in [-0.39, 0.29) is 5.75 Å². The van der Waals surface area contributed by atoms with Gasteiger partial charge in [-0.2, -0.15) is 0 Å². The number of aliphatic hydroxyl groups is 1. The minimum Gasteiger partial charge on any atom is -0.392 e. The summed E-state index contributed by atoms with van der Waals surface area (Å²) in [5.74, 6) is 0.119. The molecule has 0 amide bonds. The van der Waals surface area contributed by atoms with Crippen LogP contribution in [-0.4, -0.2) is 38.2 Å². The average Bonchev–Trinajstić information content (AvgIpc) is 2.34. The second-order valence-electron chi connectivity index (χ2n) is 5.14. The fourth-order valence-electron chi connectivity index (χ4n) is 2.40. The number of sulfone groups is 1. The summed E-state index contributed by atoms with van der Waals surface area (Å²) >= 11 is 0. The van der Waals surface area contributed by atoms with Crippen LogP contribution in [0.1, 0.15) is 25.3 Å². The molecule has 0 saturated carbocycles. The Hall–Kier alpha value is -0.910. The molecule has 0 radical (unpaired) electrons. The summed E-state index contributed by atoms with van der Waals surface area (Å²) in [6.45, 7) is 2.00. The molecule has 0 aliphatic carbocycles. The topological polar surface area (TPSA) is 80.4 Å². The first kappa shape index (κ1) is 16.1. The highest BCUT2D eigenvalue weighted by Gasteiger charge is 2.35. The maximum Gasteiger partial charge on any atom is 0.147 e. The fourth-order valence-corrected chi connectivity index (χ4v) is 3.07. The first-order chi connectivity index (χ1) is 8.82. The molecule has 0 aliphatic rings. The molecule has 5 heteroatoms. The third-order valence-corrected chi connectivity index (χ3v) is 4.68. The second-order valence-corrected chi connectivity index (χ2v) is 7.40. The van der Waals surface area contributed by atoms with Gasteiger partial charge in [0, 0.05) is 24.0 Å². The second kappa shape index (κ2) is 6.50. The molecule has 0 aliphatic heterocycles. The zero-order valence-corrected chi connectivity index (χ0v) is 12.4. The van der Waals surface area contributed by atoms with Crippen molar-refractivity contribution in [2.75, 3.05) is 18.6 Å². The van der Waals surface area contributed by atoms with E-state index >= 15 is 0 Å². The van der Waals surface area contributed by atoms with Crippen molar-refractivity contribution in [3.05, 3.63) is 35.9 Å². The highest BCUT2D eigenvalue weighted by atomic mass is 32.2. The van der Waals surface area contributed by atoms with Gasteiger partial charge in [0.25, 0.3) is 0 Å². The Morgan fingerprint density at radius 1 is 1.32 bits per heavy atom. The molecule has 0 heterocycles. The lowest BCUT2D eigenvalue weighted by Crippen LogP contribution is -2.44. The Morgan fingerprint density at radius 2 is 1.89 bits per heavy atom. The van der Waals surface area contributed by atoms with Crippen LogP contribution in [0.25, 0.3) is 0 Å². The van der Waals surface area contributed by atoms with Crippen molar-refractivity contribution in [2.45, 2.75) is 31.3 Å². The highest BCUT2D eigenvalue weighted by Crippen LogP contribution is 2.32. The van der Waals surface area contributed by atoms with E-state index < -0.39 is 21.4 Å². The van der Waals surface area contributed by atoms with Gasteiger partial charge in [-0.1, -0.05) is 30.3 Å². The Balaban J connectivity index is 2.94. The third kappa shape index (κ3) is 4.30. The van der Waals surface area contributed by atoms with Gasteiger partial charge in [0.15, 0.2) is 0 Å². The zero-order chi connectivity index (χ0) is 14.5. The van der Waals surface area contributed by atoms with Gasteiger partial charge in [-0.25, -0.2) is 8.42 Å². The normalized spacial score (nSPS) is 16.8. The Kier molecular flexibility index (Phi) is 5.52. The minimum atomic E-state index is -2.99. The van der Waals surface area contributed by atoms with Crippen LogP contribution >= 0.6 is 0 Å². The minimum absolute atomic E-state index is 0.119. The monoisotopic (exact) mass is 285 g/mol. The predicted molar refractivity (Wildman–Crippen MR) is 77.8 cm³/mol. The van der Waals surface area contributed by atoms with E-state index in [1.54, 1.807) is 6.92 Å². The number of hydrogen-bond acceptors (Lipinski definition) is 4. The molecule has 0 aromatic heterocycles. The van der Waals surface area contributed by atoms with Gasteiger partial charge in [0.2, 0.25) is 0 Å². The van der Waals surface area contributed by atoms with Crippen LogP contribution in [0, 0.1) is 0 Å². The molecule has 0 bridgehead atoms. The lowest BCUT2D eigenvalue weighted by molar-refractivity contribution is 0.0938. The SMILES string of the molecule is CC(O)C(CN)(CCCS(C)(=O)=O)c1ccccc1. The molecule has 0 spiro atoms. The van der Waals surface area contributed by atoms with E-state index in [9.17, 15) is 13.5 Å². The zero-order valence-electron chi connectivity index (χ0n) is 11.5.